The van der Waals surface area contributed by atoms with E-state index >= 15 is 0 Å². The van der Waals surface area contributed by atoms with Crippen LogP contribution in [-0.2, 0) is 4.79 Å². The molecule has 0 rings (SSSR count). The van der Waals surface area contributed by atoms with Crippen LogP contribution >= 0.6 is 0 Å². The highest BCUT2D eigenvalue weighted by atomic mass is 16.3. The molecule has 3 N–H and O–H groups in total. The fourth-order valence-electron chi connectivity index (χ4n) is 7.44. The van der Waals surface area contributed by atoms with Crippen LogP contribution < -0.4 is 5.32 Å². The number of hydrogen-bond donors (Lipinski definition) is 3. The normalized spacial score (nSPS) is 13.3. The highest BCUT2D eigenvalue weighted by molar-refractivity contribution is 5.76. The molecule has 0 radical (unpaired) electrons. The van der Waals surface area contributed by atoms with Gasteiger partial charge in [-0.1, -0.05) is 229 Å². The smallest absolute Gasteiger partial charge is 0.220 e. The molecule has 4 nitrogen and oxygen atoms in total. The molecule has 0 saturated carbocycles. The van der Waals surface area contributed by atoms with E-state index in [0.717, 1.165) is 38.5 Å². The minimum absolute atomic E-state index is 0.0775. The first-order valence-electron chi connectivity index (χ1n) is 24.9. The van der Waals surface area contributed by atoms with Gasteiger partial charge in [-0.25, -0.2) is 0 Å². The minimum atomic E-state index is -0.870. The Balaban J connectivity index is 3.54. The Morgan fingerprint density at radius 1 is 0.411 bits per heavy atom. The van der Waals surface area contributed by atoms with Crippen molar-refractivity contribution in [2.75, 3.05) is 6.61 Å². The van der Waals surface area contributed by atoms with Crippen molar-refractivity contribution in [1.29, 1.82) is 0 Å². The average molecular weight is 784 g/mol. The van der Waals surface area contributed by atoms with Gasteiger partial charge in [-0.3, -0.25) is 4.79 Å². The Morgan fingerprint density at radius 2 is 0.696 bits per heavy atom. The molecule has 1 amide bonds. The molecule has 0 aliphatic carbocycles. The Labute approximate surface area is 350 Å². The molecular weight excluding hydrogens is 687 g/mol. The summed E-state index contributed by atoms with van der Waals surface area (Å²) < 4.78 is 0. The Hall–Kier alpha value is -1.65. The zero-order valence-electron chi connectivity index (χ0n) is 37.7. The van der Waals surface area contributed by atoms with Crippen LogP contribution in [0.25, 0.3) is 0 Å². The summed E-state index contributed by atoms with van der Waals surface area (Å²) in [6.07, 6.45) is 65.3. The van der Waals surface area contributed by atoms with Gasteiger partial charge < -0.3 is 15.5 Å². The molecule has 0 aromatic carbocycles. The highest BCUT2D eigenvalue weighted by Crippen LogP contribution is 2.15. The van der Waals surface area contributed by atoms with Crippen LogP contribution in [0.2, 0.25) is 0 Å². The number of hydrogen-bond acceptors (Lipinski definition) is 3. The lowest BCUT2D eigenvalue weighted by atomic mass is 10.0. The van der Waals surface area contributed by atoms with Gasteiger partial charge >= 0.3 is 0 Å². The molecule has 0 aromatic heterocycles. The summed E-state index contributed by atoms with van der Waals surface area (Å²) in [6, 6.07) is -0.645. The molecule has 0 fully saturated rings. The topological polar surface area (TPSA) is 69.6 Å². The number of allylic oxidation sites excluding steroid dienone is 7. The quantitative estimate of drug-likeness (QED) is 0.0425. The van der Waals surface area contributed by atoms with Gasteiger partial charge in [0, 0.05) is 6.42 Å². The molecule has 0 bridgehead atoms. The van der Waals surface area contributed by atoms with Gasteiger partial charge in [-0.15, -0.1) is 0 Å². The van der Waals surface area contributed by atoms with Crippen molar-refractivity contribution < 1.29 is 15.0 Å². The fourth-order valence-corrected chi connectivity index (χ4v) is 7.44. The molecular formula is C52H97NO3. The number of aliphatic hydroxyl groups is 2. The number of carbonyl (C=O) groups is 1. The predicted octanol–water partition coefficient (Wildman–Crippen LogP) is 15.9. The van der Waals surface area contributed by atoms with Crippen molar-refractivity contribution in [3.05, 3.63) is 48.6 Å². The number of unbranched alkanes of at least 4 members (excludes halogenated alkanes) is 32. The van der Waals surface area contributed by atoms with Crippen molar-refractivity contribution in [3.8, 4) is 0 Å². The molecule has 0 spiro atoms. The number of carbonyl (C=O) groups excluding carboxylic acids is 1. The number of nitrogens with one attached hydrogen (secondary N) is 1. The van der Waals surface area contributed by atoms with E-state index in [1.165, 1.54) is 199 Å². The summed E-state index contributed by atoms with van der Waals surface area (Å²) in [6.45, 7) is 4.30. The molecule has 328 valence electrons. The van der Waals surface area contributed by atoms with Gasteiger partial charge in [0.15, 0.2) is 0 Å². The van der Waals surface area contributed by atoms with Gasteiger partial charge in [0.05, 0.1) is 18.8 Å². The first kappa shape index (κ1) is 54.3. The monoisotopic (exact) mass is 784 g/mol. The van der Waals surface area contributed by atoms with Crippen molar-refractivity contribution in [1.82, 2.24) is 5.32 Å². The second kappa shape index (κ2) is 47.7. The van der Waals surface area contributed by atoms with Crippen molar-refractivity contribution >= 4 is 5.91 Å². The largest absolute Gasteiger partial charge is 0.394 e. The second-order valence-electron chi connectivity index (χ2n) is 16.9. The molecule has 2 atom stereocenters. The SMILES string of the molecule is CCCCCCCC/C=C/CC/C=C/CC/C=C/C(O)C(CO)NC(=O)CCCCCCCCCCCCCC/C=C\CCCCCCCCCCCCCC. The number of amides is 1. The van der Waals surface area contributed by atoms with Gasteiger partial charge in [0.1, 0.15) is 0 Å². The number of rotatable bonds is 45. The lowest BCUT2D eigenvalue weighted by Gasteiger charge is -2.19. The first-order chi connectivity index (χ1) is 27.7. The van der Waals surface area contributed by atoms with E-state index in [4.69, 9.17) is 0 Å². The van der Waals surface area contributed by atoms with Crippen LogP contribution in [0.1, 0.15) is 258 Å². The molecule has 2 unspecified atom stereocenters. The average Bonchev–Trinajstić information content (AvgIpc) is 3.20. The van der Waals surface area contributed by atoms with Crippen LogP contribution in [0.3, 0.4) is 0 Å². The predicted molar refractivity (Wildman–Crippen MR) is 248 cm³/mol. The van der Waals surface area contributed by atoms with Crippen molar-refractivity contribution in [2.45, 2.75) is 270 Å². The fraction of sp³-hybridized carbons (Fsp3) is 0.827. The summed E-state index contributed by atoms with van der Waals surface area (Å²) in [5, 5.41) is 23.0. The first-order valence-corrected chi connectivity index (χ1v) is 24.9. The maximum absolute atomic E-state index is 12.4. The summed E-state index contributed by atoms with van der Waals surface area (Å²) in [7, 11) is 0. The maximum atomic E-state index is 12.4. The third-order valence-electron chi connectivity index (χ3n) is 11.3. The summed E-state index contributed by atoms with van der Waals surface area (Å²) in [5.41, 5.74) is 0. The van der Waals surface area contributed by atoms with Crippen LogP contribution in [0.4, 0.5) is 0 Å². The van der Waals surface area contributed by atoms with Crippen LogP contribution in [-0.4, -0.2) is 34.9 Å². The van der Waals surface area contributed by atoms with E-state index in [1.54, 1.807) is 6.08 Å². The van der Waals surface area contributed by atoms with E-state index in [2.05, 4.69) is 55.6 Å². The molecule has 0 aromatic rings. The van der Waals surface area contributed by atoms with Gasteiger partial charge in [-0.2, -0.15) is 0 Å². The minimum Gasteiger partial charge on any atom is -0.394 e. The Bertz CT molecular complexity index is 893. The van der Waals surface area contributed by atoms with Crippen LogP contribution in [0.5, 0.6) is 0 Å². The van der Waals surface area contributed by atoms with Gasteiger partial charge in [-0.05, 0) is 70.6 Å². The van der Waals surface area contributed by atoms with E-state index in [-0.39, 0.29) is 12.5 Å². The summed E-state index contributed by atoms with van der Waals surface area (Å²) in [4.78, 5) is 12.4. The summed E-state index contributed by atoms with van der Waals surface area (Å²) >= 11 is 0. The molecule has 0 saturated heterocycles. The van der Waals surface area contributed by atoms with E-state index in [1.807, 2.05) is 6.08 Å². The van der Waals surface area contributed by atoms with Crippen LogP contribution in [0.15, 0.2) is 48.6 Å². The number of aliphatic hydroxyl groups excluding tert-OH is 2. The lowest BCUT2D eigenvalue weighted by Crippen LogP contribution is -2.45. The maximum Gasteiger partial charge on any atom is 0.220 e. The molecule has 0 aliphatic rings. The van der Waals surface area contributed by atoms with E-state index < -0.39 is 12.1 Å². The molecule has 4 heteroatoms. The third-order valence-corrected chi connectivity index (χ3v) is 11.3. The standard InChI is InChI=1S/C52H97NO3/c1-3-5-7-9-11-13-15-17-19-21-22-23-24-25-26-27-28-29-30-31-32-34-36-38-40-42-44-46-48-52(56)53-50(49-54)51(55)47-45-43-41-39-37-35-33-20-18-16-14-12-10-8-6-4-2/h18,20,25-26,37,39,45,47,50-51,54-55H,3-17,19,21-24,27-36,38,40-44,46,48-49H2,1-2H3,(H,53,56)/b20-18+,26-25-,39-37+,47-45+. The van der Waals surface area contributed by atoms with Gasteiger partial charge in [0.2, 0.25) is 5.91 Å². The van der Waals surface area contributed by atoms with Crippen molar-refractivity contribution in [3.63, 3.8) is 0 Å². The Morgan fingerprint density at radius 3 is 1.04 bits per heavy atom. The van der Waals surface area contributed by atoms with Crippen LogP contribution in [0, 0.1) is 0 Å². The summed E-state index contributed by atoms with van der Waals surface area (Å²) in [5.74, 6) is -0.0775. The van der Waals surface area contributed by atoms with Crippen molar-refractivity contribution in [2.24, 2.45) is 0 Å². The zero-order valence-corrected chi connectivity index (χ0v) is 37.7. The molecule has 0 heterocycles. The second-order valence-corrected chi connectivity index (χ2v) is 16.9. The molecule has 0 aliphatic heterocycles. The molecule has 56 heavy (non-hydrogen) atoms. The van der Waals surface area contributed by atoms with Gasteiger partial charge in [0.25, 0.3) is 0 Å². The Kier molecular flexibility index (Phi) is 46.3. The zero-order chi connectivity index (χ0) is 40.7. The lowest BCUT2D eigenvalue weighted by molar-refractivity contribution is -0.123. The highest BCUT2D eigenvalue weighted by Gasteiger charge is 2.17. The van der Waals surface area contributed by atoms with E-state index in [0.29, 0.717) is 6.42 Å². The van der Waals surface area contributed by atoms with E-state index in [9.17, 15) is 15.0 Å². The third kappa shape index (κ3) is 43.5.